The molecule has 1 aliphatic carbocycles. The van der Waals surface area contributed by atoms with E-state index in [1.54, 1.807) is 11.8 Å². The van der Waals surface area contributed by atoms with Gasteiger partial charge in [0.05, 0.1) is 4.75 Å². The van der Waals surface area contributed by atoms with Crippen molar-refractivity contribution in [2.45, 2.75) is 61.1 Å². The van der Waals surface area contributed by atoms with Crippen molar-refractivity contribution < 1.29 is 9.59 Å². The van der Waals surface area contributed by atoms with E-state index in [-0.39, 0.29) is 22.6 Å². The number of hydrogen-bond acceptors (Lipinski definition) is 3. The summed E-state index contributed by atoms with van der Waals surface area (Å²) < 4.78 is -0.350. The number of hydrogen-bond donors (Lipinski definition) is 2. The van der Waals surface area contributed by atoms with Gasteiger partial charge in [-0.3, -0.25) is 9.59 Å². The molecule has 0 spiro atoms. The van der Waals surface area contributed by atoms with E-state index in [9.17, 15) is 9.59 Å². The minimum absolute atomic E-state index is 0.0660. The number of rotatable bonds is 4. The smallest absolute Gasteiger partial charge is 0.236 e. The Hall–Kier alpha value is -1.49. The van der Waals surface area contributed by atoms with E-state index in [0.29, 0.717) is 13.0 Å². The van der Waals surface area contributed by atoms with Crippen molar-refractivity contribution in [3.63, 3.8) is 0 Å². The number of piperidine rings is 1. The van der Waals surface area contributed by atoms with Gasteiger partial charge in [0.1, 0.15) is 0 Å². The average Bonchev–Trinajstić information content (AvgIpc) is 3.02. The molecule has 1 aliphatic heterocycles. The summed E-state index contributed by atoms with van der Waals surface area (Å²) in [6.07, 6.45) is 5.31. The summed E-state index contributed by atoms with van der Waals surface area (Å²) >= 11 is 1.71. The van der Waals surface area contributed by atoms with E-state index in [4.69, 9.17) is 0 Å². The third-order valence-electron chi connectivity index (χ3n) is 4.76. The first-order chi connectivity index (χ1) is 11.1. The Labute approximate surface area is 141 Å². The Balaban J connectivity index is 1.68. The molecule has 1 saturated heterocycles. The third kappa shape index (κ3) is 3.89. The van der Waals surface area contributed by atoms with Gasteiger partial charge in [-0.2, -0.15) is 0 Å². The van der Waals surface area contributed by atoms with Crippen molar-refractivity contribution in [2.24, 2.45) is 0 Å². The zero-order valence-corrected chi connectivity index (χ0v) is 14.4. The minimum atomic E-state index is -0.350. The van der Waals surface area contributed by atoms with Crippen LogP contribution in [0.1, 0.15) is 44.1 Å². The van der Waals surface area contributed by atoms with Crippen LogP contribution in [0.5, 0.6) is 0 Å². The highest BCUT2D eigenvalue weighted by molar-refractivity contribution is 8.01. The number of thioether (sulfide) groups is 1. The Morgan fingerprint density at radius 3 is 2.57 bits per heavy atom. The van der Waals surface area contributed by atoms with E-state index in [0.717, 1.165) is 37.0 Å². The first-order valence-electron chi connectivity index (χ1n) is 8.41. The van der Waals surface area contributed by atoms with Crippen molar-refractivity contribution in [3.8, 4) is 0 Å². The Morgan fingerprint density at radius 1 is 1.26 bits per heavy atom. The van der Waals surface area contributed by atoms with Gasteiger partial charge in [-0.1, -0.05) is 30.5 Å². The fourth-order valence-corrected chi connectivity index (χ4v) is 4.69. The van der Waals surface area contributed by atoms with Gasteiger partial charge in [-0.05, 0) is 38.3 Å². The second-order valence-electron chi connectivity index (χ2n) is 6.63. The quantitative estimate of drug-likeness (QED) is 0.891. The summed E-state index contributed by atoms with van der Waals surface area (Å²) in [6, 6.07) is 8.47. The molecule has 2 amide bonds. The lowest BCUT2D eigenvalue weighted by molar-refractivity contribution is -0.126. The van der Waals surface area contributed by atoms with Crippen molar-refractivity contribution in [2.75, 3.05) is 6.54 Å². The van der Waals surface area contributed by atoms with Crippen LogP contribution < -0.4 is 10.6 Å². The number of benzene rings is 1. The van der Waals surface area contributed by atoms with Crippen LogP contribution in [0.25, 0.3) is 0 Å². The Morgan fingerprint density at radius 2 is 1.96 bits per heavy atom. The largest absolute Gasteiger partial charge is 0.354 e. The molecule has 1 atom stereocenters. The highest BCUT2D eigenvalue weighted by Crippen LogP contribution is 2.45. The molecule has 0 radical (unpaired) electrons. The van der Waals surface area contributed by atoms with Crippen molar-refractivity contribution in [1.82, 2.24) is 10.6 Å². The van der Waals surface area contributed by atoms with Crippen LogP contribution in [-0.2, 0) is 9.59 Å². The summed E-state index contributed by atoms with van der Waals surface area (Å²) in [6.45, 7) is 2.62. The van der Waals surface area contributed by atoms with E-state index in [1.807, 2.05) is 0 Å². The van der Waals surface area contributed by atoms with Crippen LogP contribution in [0.4, 0.5) is 0 Å². The van der Waals surface area contributed by atoms with Crippen LogP contribution in [0.15, 0.2) is 29.2 Å². The summed E-state index contributed by atoms with van der Waals surface area (Å²) in [5.74, 6) is 0.224. The molecule has 4 nitrogen and oxygen atoms in total. The zero-order valence-electron chi connectivity index (χ0n) is 13.6. The maximum atomic E-state index is 12.9. The topological polar surface area (TPSA) is 58.2 Å². The van der Waals surface area contributed by atoms with Gasteiger partial charge in [-0.25, -0.2) is 0 Å². The molecule has 3 rings (SSSR count). The van der Waals surface area contributed by atoms with Crippen molar-refractivity contribution in [3.05, 3.63) is 29.8 Å². The van der Waals surface area contributed by atoms with Crippen LogP contribution in [0.2, 0.25) is 0 Å². The third-order valence-corrected chi connectivity index (χ3v) is 6.25. The van der Waals surface area contributed by atoms with Crippen molar-refractivity contribution >= 4 is 23.6 Å². The highest BCUT2D eigenvalue weighted by atomic mass is 32.2. The summed E-state index contributed by atoms with van der Waals surface area (Å²) in [4.78, 5) is 25.4. The Bertz CT molecular complexity index is 569. The van der Waals surface area contributed by atoms with Gasteiger partial charge in [-0.15, -0.1) is 11.8 Å². The molecule has 23 heavy (non-hydrogen) atoms. The lowest BCUT2D eigenvalue weighted by Gasteiger charge is -2.31. The zero-order chi connectivity index (χ0) is 16.3. The number of aryl methyl sites for hydroxylation is 1. The molecule has 0 aromatic heterocycles. The fraction of sp³-hybridized carbons (Fsp3) is 0.556. The van der Waals surface area contributed by atoms with Crippen LogP contribution in [0, 0.1) is 6.92 Å². The maximum Gasteiger partial charge on any atom is 0.236 e. The van der Waals surface area contributed by atoms with Gasteiger partial charge in [0, 0.05) is 23.9 Å². The SMILES string of the molecule is Cc1ccc(SC2(C(=O)NC3CCC(=O)NC3)CCCC2)cc1. The van der Waals surface area contributed by atoms with E-state index in [2.05, 4.69) is 41.8 Å². The molecule has 0 bridgehead atoms. The molecule has 5 heteroatoms. The molecule has 1 saturated carbocycles. The number of nitrogens with one attached hydrogen (secondary N) is 2. The molecule has 2 fully saturated rings. The number of carbonyl (C=O) groups excluding carboxylic acids is 2. The molecule has 1 heterocycles. The summed E-state index contributed by atoms with van der Waals surface area (Å²) in [7, 11) is 0. The number of amides is 2. The standard InChI is InChI=1S/C18H24N2O2S/c1-13-4-7-15(8-5-13)23-18(10-2-3-11-18)17(22)20-14-6-9-16(21)19-12-14/h4-5,7-8,14H,2-3,6,9-12H2,1H3,(H,19,21)(H,20,22). The molecule has 2 N–H and O–H groups in total. The molecular formula is C18H24N2O2S. The van der Waals surface area contributed by atoms with E-state index in [1.165, 1.54) is 5.56 Å². The first-order valence-corrected chi connectivity index (χ1v) is 9.22. The van der Waals surface area contributed by atoms with Crippen molar-refractivity contribution in [1.29, 1.82) is 0 Å². The highest BCUT2D eigenvalue weighted by Gasteiger charge is 2.43. The molecule has 1 unspecified atom stereocenters. The summed E-state index contributed by atoms with van der Waals surface area (Å²) in [5.41, 5.74) is 1.23. The van der Waals surface area contributed by atoms with Crippen LogP contribution in [0.3, 0.4) is 0 Å². The predicted molar refractivity (Wildman–Crippen MR) is 92.4 cm³/mol. The van der Waals surface area contributed by atoms with E-state index >= 15 is 0 Å². The normalized spacial score (nSPS) is 23.3. The minimum Gasteiger partial charge on any atom is -0.354 e. The van der Waals surface area contributed by atoms with Gasteiger partial charge >= 0.3 is 0 Å². The lowest BCUT2D eigenvalue weighted by atomic mass is 10.0. The maximum absolute atomic E-state index is 12.9. The molecular weight excluding hydrogens is 308 g/mol. The first kappa shape index (κ1) is 16.4. The monoisotopic (exact) mass is 332 g/mol. The molecule has 2 aliphatic rings. The van der Waals surface area contributed by atoms with E-state index < -0.39 is 0 Å². The van der Waals surface area contributed by atoms with Gasteiger partial charge in [0.25, 0.3) is 0 Å². The summed E-state index contributed by atoms with van der Waals surface area (Å²) in [5, 5.41) is 6.02. The second kappa shape index (κ2) is 6.95. The molecule has 124 valence electrons. The van der Waals surface area contributed by atoms with Crippen LogP contribution in [-0.4, -0.2) is 29.1 Å². The average molecular weight is 332 g/mol. The fourth-order valence-electron chi connectivity index (χ4n) is 3.33. The second-order valence-corrected chi connectivity index (χ2v) is 8.09. The molecule has 1 aromatic carbocycles. The molecule has 1 aromatic rings. The van der Waals surface area contributed by atoms with Gasteiger partial charge in [0.15, 0.2) is 0 Å². The van der Waals surface area contributed by atoms with Crippen LogP contribution >= 0.6 is 11.8 Å². The van der Waals surface area contributed by atoms with Gasteiger partial charge in [0.2, 0.25) is 11.8 Å². The predicted octanol–water partition coefficient (Wildman–Crippen LogP) is 2.79. The van der Waals surface area contributed by atoms with Gasteiger partial charge < -0.3 is 10.6 Å². The lowest BCUT2D eigenvalue weighted by Crippen LogP contribution is -2.52. The Kier molecular flexibility index (Phi) is 4.95. The number of carbonyl (C=O) groups is 2.